The molecule has 1 saturated carbocycles. The van der Waals surface area contributed by atoms with Gasteiger partial charge in [0, 0.05) is 66.4 Å². The van der Waals surface area contributed by atoms with Gasteiger partial charge in [-0.15, -0.1) is 0 Å². The van der Waals surface area contributed by atoms with Crippen molar-refractivity contribution in [2.24, 2.45) is 12.5 Å². The van der Waals surface area contributed by atoms with Crippen LogP contribution >= 0.6 is 0 Å². The van der Waals surface area contributed by atoms with Crippen molar-refractivity contribution in [2.75, 3.05) is 24.2 Å². The summed E-state index contributed by atoms with van der Waals surface area (Å²) in [5.41, 5.74) is 3.63. The number of benzene rings is 1. The number of rotatable bonds is 3. The Hall–Kier alpha value is -2.54. The van der Waals surface area contributed by atoms with E-state index in [9.17, 15) is 13.2 Å². The second-order valence-corrected chi connectivity index (χ2v) is 10.4. The van der Waals surface area contributed by atoms with Gasteiger partial charge in [-0.1, -0.05) is 6.42 Å². The number of hydrogen-bond acceptors (Lipinski definition) is 4. The first kappa shape index (κ1) is 17.6. The molecule has 0 amide bonds. The highest BCUT2D eigenvalue weighted by molar-refractivity contribution is 7.90. The number of pyridine rings is 1. The second kappa shape index (κ2) is 5.73. The maximum absolute atomic E-state index is 12.3. The predicted molar refractivity (Wildman–Crippen MR) is 111 cm³/mol. The third kappa shape index (κ3) is 2.53. The molecule has 1 aliphatic heterocycles. The molecule has 0 atom stereocenters. The van der Waals surface area contributed by atoms with Crippen LogP contribution in [0.5, 0.6) is 0 Å². The van der Waals surface area contributed by atoms with Crippen LogP contribution in [-0.4, -0.2) is 37.3 Å². The molecule has 28 heavy (non-hydrogen) atoms. The van der Waals surface area contributed by atoms with Gasteiger partial charge in [0.25, 0.3) is 5.56 Å². The van der Waals surface area contributed by atoms with Crippen molar-refractivity contribution < 1.29 is 8.42 Å². The zero-order chi connectivity index (χ0) is 19.7. The van der Waals surface area contributed by atoms with E-state index in [0.717, 1.165) is 35.3 Å². The number of aromatic amines is 1. The molecule has 146 valence electrons. The Morgan fingerprint density at radius 1 is 1.11 bits per heavy atom. The number of aromatic nitrogens is 2. The van der Waals surface area contributed by atoms with E-state index in [-0.39, 0.29) is 5.56 Å². The summed E-state index contributed by atoms with van der Waals surface area (Å²) in [6.45, 7) is 2.03. The van der Waals surface area contributed by atoms with E-state index in [2.05, 4.69) is 9.88 Å². The fourth-order valence-electron chi connectivity index (χ4n) is 4.70. The third-order valence-electron chi connectivity index (χ3n) is 6.42. The second-order valence-electron chi connectivity index (χ2n) is 8.38. The van der Waals surface area contributed by atoms with Crippen molar-refractivity contribution in [1.82, 2.24) is 9.55 Å². The van der Waals surface area contributed by atoms with Gasteiger partial charge in [-0.25, -0.2) is 8.42 Å². The lowest BCUT2D eigenvalue weighted by atomic mass is 9.63. The molecule has 1 spiro atoms. The lowest BCUT2D eigenvalue weighted by Crippen LogP contribution is -2.60. The van der Waals surface area contributed by atoms with Crippen LogP contribution in [0, 0.1) is 5.41 Å². The number of nitrogens with zero attached hydrogens (tertiary/aromatic N) is 2. The maximum Gasteiger partial charge on any atom is 0.272 e. The van der Waals surface area contributed by atoms with Crippen LogP contribution in [0.15, 0.2) is 46.3 Å². The molecule has 3 heterocycles. The summed E-state index contributed by atoms with van der Waals surface area (Å²) in [6.07, 6.45) is 8.65. The van der Waals surface area contributed by atoms with Gasteiger partial charge in [-0.3, -0.25) is 4.79 Å². The Labute approximate surface area is 163 Å². The standard InChI is InChI=1S/C21H23N3O3S/c1-23-9-6-15-17(11-22-20(25)19(15)23)16-10-14(28(2,26)27)4-5-18(16)24-12-21(13-24)7-3-8-21/h4-6,9-11H,3,7-8,12-13H2,1-2H3,(H,22,25). The van der Waals surface area contributed by atoms with Gasteiger partial charge >= 0.3 is 0 Å². The molecular formula is C21H23N3O3S. The average molecular weight is 398 g/mol. The van der Waals surface area contributed by atoms with Crippen molar-refractivity contribution in [3.05, 3.63) is 47.0 Å². The van der Waals surface area contributed by atoms with E-state index < -0.39 is 9.84 Å². The minimum atomic E-state index is -3.33. The Balaban J connectivity index is 1.71. The highest BCUT2D eigenvalue weighted by atomic mass is 32.2. The van der Waals surface area contributed by atoms with Crippen molar-refractivity contribution in [2.45, 2.75) is 24.2 Å². The van der Waals surface area contributed by atoms with E-state index in [4.69, 9.17) is 0 Å². The third-order valence-corrected chi connectivity index (χ3v) is 7.53. The van der Waals surface area contributed by atoms with Crippen LogP contribution in [0.2, 0.25) is 0 Å². The molecule has 2 aliphatic rings. The Kier molecular flexibility index (Phi) is 3.59. The van der Waals surface area contributed by atoms with E-state index in [0.29, 0.717) is 15.8 Å². The molecule has 1 aromatic carbocycles. The number of nitrogens with one attached hydrogen (secondary N) is 1. The summed E-state index contributed by atoms with van der Waals surface area (Å²) in [5.74, 6) is 0. The minimum absolute atomic E-state index is 0.149. The van der Waals surface area contributed by atoms with Gasteiger partial charge in [0.1, 0.15) is 5.52 Å². The van der Waals surface area contributed by atoms with Crippen LogP contribution in [-0.2, 0) is 16.9 Å². The molecule has 1 N–H and O–H groups in total. The molecule has 1 aliphatic carbocycles. The highest BCUT2D eigenvalue weighted by Gasteiger charge is 2.47. The number of H-pyrrole nitrogens is 1. The van der Waals surface area contributed by atoms with Crippen LogP contribution in [0.3, 0.4) is 0 Å². The molecule has 5 rings (SSSR count). The zero-order valence-corrected chi connectivity index (χ0v) is 16.8. The monoisotopic (exact) mass is 397 g/mol. The normalized spacial score (nSPS) is 18.3. The van der Waals surface area contributed by atoms with Crippen LogP contribution in [0.25, 0.3) is 22.0 Å². The topological polar surface area (TPSA) is 75.2 Å². The predicted octanol–water partition coefficient (Wildman–Crippen LogP) is 2.93. The van der Waals surface area contributed by atoms with Gasteiger partial charge in [0.2, 0.25) is 0 Å². The number of aryl methyl sites for hydroxylation is 1. The summed E-state index contributed by atoms with van der Waals surface area (Å²) in [6, 6.07) is 7.27. The first-order chi connectivity index (χ1) is 13.3. The van der Waals surface area contributed by atoms with Crippen molar-refractivity contribution in [1.29, 1.82) is 0 Å². The summed E-state index contributed by atoms with van der Waals surface area (Å²) >= 11 is 0. The Bertz CT molecular complexity index is 1260. The molecule has 2 fully saturated rings. The fraction of sp³-hybridized carbons (Fsp3) is 0.381. The number of anilines is 1. The molecule has 1 saturated heterocycles. The number of fused-ring (bicyclic) bond motifs is 1. The fourth-order valence-corrected chi connectivity index (χ4v) is 5.35. The lowest BCUT2D eigenvalue weighted by molar-refractivity contribution is 0.0905. The Morgan fingerprint density at radius 2 is 1.86 bits per heavy atom. The average Bonchev–Trinajstić information content (AvgIpc) is 2.95. The molecule has 0 bridgehead atoms. The minimum Gasteiger partial charge on any atom is -0.370 e. The first-order valence-corrected chi connectivity index (χ1v) is 11.4. The SMILES string of the molecule is Cn1ccc2c(-c3cc(S(C)(=O)=O)ccc3N3CC4(CCC4)C3)c[nH]c(=O)c21. The first-order valence-electron chi connectivity index (χ1n) is 9.54. The van der Waals surface area contributed by atoms with Gasteiger partial charge in [-0.05, 0) is 37.1 Å². The van der Waals surface area contributed by atoms with E-state index in [1.54, 1.807) is 22.9 Å². The number of hydrogen-bond donors (Lipinski definition) is 1. The van der Waals surface area contributed by atoms with Crippen molar-refractivity contribution >= 4 is 26.4 Å². The molecule has 0 radical (unpaired) electrons. The molecular weight excluding hydrogens is 374 g/mol. The smallest absolute Gasteiger partial charge is 0.272 e. The lowest BCUT2D eigenvalue weighted by Gasteiger charge is -2.57. The van der Waals surface area contributed by atoms with E-state index >= 15 is 0 Å². The molecule has 0 unspecified atom stereocenters. The van der Waals surface area contributed by atoms with Crippen LogP contribution < -0.4 is 10.5 Å². The Morgan fingerprint density at radius 3 is 2.50 bits per heavy atom. The molecule has 6 nitrogen and oxygen atoms in total. The van der Waals surface area contributed by atoms with E-state index in [1.807, 2.05) is 25.4 Å². The van der Waals surface area contributed by atoms with Gasteiger partial charge in [-0.2, -0.15) is 0 Å². The zero-order valence-electron chi connectivity index (χ0n) is 16.0. The van der Waals surface area contributed by atoms with Crippen molar-refractivity contribution in [3.8, 4) is 11.1 Å². The molecule has 2 aromatic heterocycles. The summed E-state index contributed by atoms with van der Waals surface area (Å²) in [5, 5.41) is 0.831. The van der Waals surface area contributed by atoms with E-state index in [1.165, 1.54) is 25.5 Å². The van der Waals surface area contributed by atoms with Crippen LogP contribution in [0.4, 0.5) is 5.69 Å². The molecule has 7 heteroatoms. The van der Waals surface area contributed by atoms with Gasteiger partial charge < -0.3 is 14.5 Å². The van der Waals surface area contributed by atoms with Crippen molar-refractivity contribution in [3.63, 3.8) is 0 Å². The quantitative estimate of drug-likeness (QED) is 0.737. The summed E-state index contributed by atoms with van der Waals surface area (Å²) in [4.78, 5) is 17.8. The van der Waals surface area contributed by atoms with Gasteiger partial charge in [0.15, 0.2) is 9.84 Å². The summed E-state index contributed by atoms with van der Waals surface area (Å²) < 4.78 is 26.2. The number of sulfone groups is 1. The largest absolute Gasteiger partial charge is 0.370 e. The van der Waals surface area contributed by atoms with Gasteiger partial charge in [0.05, 0.1) is 4.90 Å². The molecule has 3 aromatic rings. The summed E-state index contributed by atoms with van der Waals surface area (Å²) in [7, 11) is -1.49. The van der Waals surface area contributed by atoms with Crippen LogP contribution in [0.1, 0.15) is 19.3 Å². The maximum atomic E-state index is 12.3. The highest BCUT2D eigenvalue weighted by Crippen LogP contribution is 2.51.